The Kier molecular flexibility index (Phi) is 4.79. The molecule has 1 rings (SSSR count). The molecule has 16 heavy (non-hydrogen) atoms. The minimum atomic E-state index is -0.226. The number of rotatable bonds is 6. The van der Waals surface area contributed by atoms with Crippen molar-refractivity contribution in [3.63, 3.8) is 0 Å². The van der Waals surface area contributed by atoms with Crippen molar-refractivity contribution in [3.05, 3.63) is 18.3 Å². The molecule has 0 aliphatic heterocycles. The molecule has 0 saturated heterocycles. The zero-order chi connectivity index (χ0) is 12.0. The number of ether oxygens (including phenoxy) is 1. The third-order valence-corrected chi connectivity index (χ3v) is 1.67. The quantitative estimate of drug-likeness (QED) is 0.572. The van der Waals surface area contributed by atoms with E-state index in [1.165, 1.54) is 0 Å². The molecule has 0 aromatic carbocycles. The van der Waals surface area contributed by atoms with Crippen molar-refractivity contribution in [1.29, 1.82) is 0 Å². The maximum Gasteiger partial charge on any atom is 0.192 e. The molecule has 0 aliphatic carbocycles. The number of hydrogen-bond donors (Lipinski definition) is 2. The summed E-state index contributed by atoms with van der Waals surface area (Å²) < 4.78 is 5.51. The molecule has 2 N–H and O–H groups in total. The second-order valence-electron chi connectivity index (χ2n) is 4.50. The van der Waals surface area contributed by atoms with E-state index >= 15 is 0 Å². The van der Waals surface area contributed by atoms with Gasteiger partial charge in [-0.05, 0) is 40.0 Å². The Labute approximate surface area is 96.7 Å². The van der Waals surface area contributed by atoms with Gasteiger partial charge in [0.2, 0.25) is 0 Å². The molecule has 0 radical (unpaired) electrons. The van der Waals surface area contributed by atoms with Crippen LogP contribution < -0.4 is 10.1 Å². The van der Waals surface area contributed by atoms with Crippen LogP contribution in [-0.4, -0.2) is 36.1 Å². The van der Waals surface area contributed by atoms with E-state index in [1.54, 1.807) is 5.06 Å². The van der Waals surface area contributed by atoms with E-state index in [4.69, 9.17) is 9.57 Å². The first kappa shape index (κ1) is 13.0. The Morgan fingerprint density at radius 1 is 1.44 bits per heavy atom. The topological polar surface area (TPSA) is 49.5 Å². The van der Waals surface area contributed by atoms with Gasteiger partial charge in [-0.25, -0.2) is 0 Å². The fraction of sp³-hybridized carbons (Fsp3) is 0.636. The molecule has 1 aromatic heterocycles. The van der Waals surface area contributed by atoms with Crippen LogP contribution >= 0.6 is 0 Å². The lowest BCUT2D eigenvalue weighted by Gasteiger charge is -2.29. The first-order valence-corrected chi connectivity index (χ1v) is 5.36. The maximum atomic E-state index is 5.71. The van der Waals surface area contributed by atoms with Crippen LogP contribution in [0.5, 0.6) is 5.88 Å². The summed E-state index contributed by atoms with van der Waals surface area (Å²) in [6.07, 6.45) is 1.82. The fourth-order valence-electron chi connectivity index (χ4n) is 1.21. The summed E-state index contributed by atoms with van der Waals surface area (Å²) >= 11 is 0. The van der Waals surface area contributed by atoms with E-state index in [9.17, 15) is 0 Å². The SMILES string of the molecule is CNCN(COc1ccc[nH]1)OC(C)(C)C. The van der Waals surface area contributed by atoms with E-state index in [1.807, 2.05) is 46.1 Å². The molecular formula is C11H21N3O2. The van der Waals surface area contributed by atoms with Gasteiger partial charge >= 0.3 is 0 Å². The monoisotopic (exact) mass is 227 g/mol. The van der Waals surface area contributed by atoms with Gasteiger partial charge in [0.05, 0.1) is 12.3 Å². The normalized spacial score (nSPS) is 12.1. The van der Waals surface area contributed by atoms with E-state index in [0.29, 0.717) is 13.4 Å². The molecule has 1 aromatic rings. The summed E-state index contributed by atoms with van der Waals surface area (Å²) in [4.78, 5) is 8.68. The van der Waals surface area contributed by atoms with Gasteiger partial charge in [0.1, 0.15) is 0 Å². The summed E-state index contributed by atoms with van der Waals surface area (Å²) in [6.45, 7) is 7.00. The number of H-pyrrole nitrogens is 1. The highest BCUT2D eigenvalue weighted by molar-refractivity contribution is 5.09. The Bertz CT molecular complexity index is 280. The molecule has 0 spiro atoms. The van der Waals surface area contributed by atoms with Crippen LogP contribution in [0.15, 0.2) is 18.3 Å². The molecule has 0 unspecified atom stereocenters. The van der Waals surface area contributed by atoms with Crippen LogP contribution in [0.4, 0.5) is 0 Å². The molecule has 0 saturated carbocycles. The Hall–Kier alpha value is -1.04. The lowest BCUT2D eigenvalue weighted by atomic mass is 10.2. The molecule has 5 nitrogen and oxygen atoms in total. The van der Waals surface area contributed by atoms with E-state index in [0.717, 1.165) is 5.88 Å². The number of hydroxylamine groups is 2. The van der Waals surface area contributed by atoms with Crippen LogP contribution in [0.25, 0.3) is 0 Å². The first-order valence-electron chi connectivity index (χ1n) is 5.36. The highest BCUT2D eigenvalue weighted by atomic mass is 16.7. The maximum absolute atomic E-state index is 5.71. The zero-order valence-corrected chi connectivity index (χ0v) is 10.4. The van der Waals surface area contributed by atoms with Crippen LogP contribution in [0.3, 0.4) is 0 Å². The third-order valence-electron chi connectivity index (χ3n) is 1.67. The van der Waals surface area contributed by atoms with Crippen molar-refractivity contribution in [1.82, 2.24) is 15.4 Å². The Morgan fingerprint density at radius 3 is 2.69 bits per heavy atom. The summed E-state index contributed by atoms with van der Waals surface area (Å²) in [7, 11) is 1.87. The van der Waals surface area contributed by atoms with Gasteiger partial charge in [0.15, 0.2) is 12.6 Å². The average Bonchev–Trinajstić information content (AvgIpc) is 2.64. The predicted octanol–water partition coefficient (Wildman–Crippen LogP) is 1.56. The van der Waals surface area contributed by atoms with Gasteiger partial charge in [-0.2, -0.15) is 0 Å². The largest absolute Gasteiger partial charge is 0.461 e. The number of nitrogens with one attached hydrogen (secondary N) is 2. The second kappa shape index (κ2) is 5.89. The minimum absolute atomic E-state index is 0.226. The average molecular weight is 227 g/mol. The van der Waals surface area contributed by atoms with Crippen molar-refractivity contribution >= 4 is 0 Å². The summed E-state index contributed by atoms with van der Waals surface area (Å²) in [5.74, 6) is 0.735. The highest BCUT2D eigenvalue weighted by Gasteiger charge is 2.17. The van der Waals surface area contributed by atoms with E-state index in [-0.39, 0.29) is 5.60 Å². The summed E-state index contributed by atoms with van der Waals surface area (Å²) in [5, 5.41) is 4.77. The summed E-state index contributed by atoms with van der Waals surface area (Å²) in [6, 6.07) is 3.76. The molecule has 0 aliphatic rings. The molecule has 0 amide bonds. The second-order valence-corrected chi connectivity index (χ2v) is 4.50. The summed E-state index contributed by atoms with van der Waals surface area (Å²) in [5.41, 5.74) is -0.226. The molecule has 0 fully saturated rings. The number of hydrogen-bond acceptors (Lipinski definition) is 4. The number of aromatic amines is 1. The van der Waals surface area contributed by atoms with Crippen molar-refractivity contribution in [2.75, 3.05) is 20.4 Å². The van der Waals surface area contributed by atoms with Gasteiger partial charge in [-0.15, -0.1) is 5.06 Å². The molecular weight excluding hydrogens is 206 g/mol. The standard InChI is InChI=1S/C11H21N3O2/c1-11(2,3)16-14(8-12-4)9-15-10-6-5-7-13-10/h5-7,12-13H,8-9H2,1-4H3. The smallest absolute Gasteiger partial charge is 0.192 e. The lowest BCUT2D eigenvalue weighted by molar-refractivity contribution is -0.253. The van der Waals surface area contributed by atoms with E-state index < -0.39 is 0 Å². The predicted molar refractivity (Wildman–Crippen MR) is 62.9 cm³/mol. The van der Waals surface area contributed by atoms with Crippen molar-refractivity contribution < 1.29 is 9.57 Å². The van der Waals surface area contributed by atoms with E-state index in [2.05, 4.69) is 10.3 Å². The van der Waals surface area contributed by atoms with Crippen LogP contribution in [0, 0.1) is 0 Å². The molecule has 1 heterocycles. The van der Waals surface area contributed by atoms with Gasteiger partial charge in [-0.3, -0.25) is 4.84 Å². The highest BCUT2D eigenvalue weighted by Crippen LogP contribution is 2.11. The Morgan fingerprint density at radius 2 is 2.19 bits per heavy atom. The van der Waals surface area contributed by atoms with Crippen molar-refractivity contribution in [2.45, 2.75) is 26.4 Å². The Balaban J connectivity index is 2.39. The first-order chi connectivity index (χ1) is 7.51. The van der Waals surface area contributed by atoms with Crippen LogP contribution in [-0.2, 0) is 4.84 Å². The fourth-order valence-corrected chi connectivity index (χ4v) is 1.21. The lowest BCUT2D eigenvalue weighted by Crippen LogP contribution is -2.41. The van der Waals surface area contributed by atoms with Gasteiger partial charge in [-0.1, -0.05) is 0 Å². The molecule has 0 atom stereocenters. The zero-order valence-electron chi connectivity index (χ0n) is 10.4. The van der Waals surface area contributed by atoms with Gasteiger partial charge < -0.3 is 15.0 Å². The van der Waals surface area contributed by atoms with Crippen molar-refractivity contribution in [3.8, 4) is 5.88 Å². The molecule has 5 heteroatoms. The molecule has 92 valence electrons. The van der Waals surface area contributed by atoms with Crippen LogP contribution in [0.2, 0.25) is 0 Å². The van der Waals surface area contributed by atoms with Crippen molar-refractivity contribution in [2.24, 2.45) is 0 Å². The minimum Gasteiger partial charge on any atom is -0.461 e. The third kappa shape index (κ3) is 5.16. The number of nitrogens with zero attached hydrogens (tertiary/aromatic N) is 1. The van der Waals surface area contributed by atoms with Crippen LogP contribution in [0.1, 0.15) is 20.8 Å². The van der Waals surface area contributed by atoms with Gasteiger partial charge in [0.25, 0.3) is 0 Å². The molecule has 0 bridgehead atoms. The van der Waals surface area contributed by atoms with Gasteiger partial charge in [0, 0.05) is 6.20 Å². The number of aromatic nitrogens is 1.